The van der Waals surface area contributed by atoms with Gasteiger partial charge in [0.25, 0.3) is 0 Å². The highest BCUT2D eigenvalue weighted by Gasteiger charge is 2.45. The van der Waals surface area contributed by atoms with E-state index in [1.54, 1.807) is 24.3 Å². The predicted molar refractivity (Wildman–Crippen MR) is 84.0 cm³/mol. The molecule has 1 fully saturated rings. The van der Waals surface area contributed by atoms with Gasteiger partial charge in [0, 0.05) is 13.0 Å². The Morgan fingerprint density at radius 2 is 1.95 bits per heavy atom. The first kappa shape index (κ1) is 15.4. The molecule has 0 amide bonds. The van der Waals surface area contributed by atoms with Gasteiger partial charge in [-0.3, -0.25) is 0 Å². The summed E-state index contributed by atoms with van der Waals surface area (Å²) in [7, 11) is -3.42. The third kappa shape index (κ3) is 3.77. The molecule has 0 bridgehead atoms. The average Bonchev–Trinajstić information content (AvgIpc) is 2.95. The standard InChI is InChI=1S/C14H20N2O2S2/c1-14(2)8-11(14)9-16-20(17,18)12-5-3-10(4-6-12)7-13(15)19/h3-6,11,16H,7-9H2,1-2H3,(H2,15,19). The summed E-state index contributed by atoms with van der Waals surface area (Å²) in [5.74, 6) is 0.436. The lowest BCUT2D eigenvalue weighted by atomic mass is 10.1. The maximum atomic E-state index is 12.1. The second-order valence-corrected chi connectivity index (χ2v) is 8.32. The molecule has 1 aliphatic carbocycles. The minimum absolute atomic E-state index is 0.267. The van der Waals surface area contributed by atoms with E-state index in [9.17, 15) is 8.42 Å². The Balaban J connectivity index is 2.00. The molecule has 2 rings (SSSR count). The fourth-order valence-corrected chi connectivity index (χ4v) is 3.45. The van der Waals surface area contributed by atoms with Gasteiger partial charge < -0.3 is 5.73 Å². The highest BCUT2D eigenvalue weighted by atomic mass is 32.2. The van der Waals surface area contributed by atoms with Crippen LogP contribution in [-0.4, -0.2) is 20.0 Å². The average molecular weight is 312 g/mol. The first-order valence-corrected chi connectivity index (χ1v) is 8.47. The number of benzene rings is 1. The number of rotatable bonds is 6. The van der Waals surface area contributed by atoms with Crippen LogP contribution in [0, 0.1) is 11.3 Å². The molecule has 0 heterocycles. The Bertz CT molecular complexity index is 607. The largest absolute Gasteiger partial charge is 0.393 e. The smallest absolute Gasteiger partial charge is 0.240 e. The molecule has 4 nitrogen and oxygen atoms in total. The summed E-state index contributed by atoms with van der Waals surface area (Å²) in [4.78, 5) is 0.678. The SMILES string of the molecule is CC1(C)CC1CNS(=O)(=O)c1ccc(CC(N)=S)cc1. The third-order valence-corrected chi connectivity index (χ3v) is 5.43. The van der Waals surface area contributed by atoms with E-state index in [2.05, 4.69) is 18.6 Å². The van der Waals surface area contributed by atoms with Crippen LogP contribution in [0.4, 0.5) is 0 Å². The van der Waals surface area contributed by atoms with Crippen LogP contribution >= 0.6 is 12.2 Å². The van der Waals surface area contributed by atoms with Crippen LogP contribution in [0.3, 0.4) is 0 Å². The van der Waals surface area contributed by atoms with E-state index in [1.165, 1.54) is 0 Å². The van der Waals surface area contributed by atoms with Gasteiger partial charge in [-0.05, 0) is 35.4 Å². The number of nitrogens with one attached hydrogen (secondary N) is 1. The van der Waals surface area contributed by atoms with Gasteiger partial charge in [-0.2, -0.15) is 0 Å². The lowest BCUT2D eigenvalue weighted by Crippen LogP contribution is -2.26. The Morgan fingerprint density at radius 1 is 1.40 bits per heavy atom. The zero-order valence-electron chi connectivity index (χ0n) is 11.7. The van der Waals surface area contributed by atoms with E-state index < -0.39 is 10.0 Å². The Labute approximate surface area is 125 Å². The van der Waals surface area contributed by atoms with Gasteiger partial charge in [-0.1, -0.05) is 38.2 Å². The zero-order valence-corrected chi connectivity index (χ0v) is 13.4. The van der Waals surface area contributed by atoms with E-state index >= 15 is 0 Å². The van der Waals surface area contributed by atoms with E-state index in [0.717, 1.165) is 12.0 Å². The predicted octanol–water partition coefficient (Wildman–Crippen LogP) is 1.84. The molecule has 110 valence electrons. The summed E-state index contributed by atoms with van der Waals surface area (Å²) < 4.78 is 27.0. The molecule has 3 N–H and O–H groups in total. The first-order chi connectivity index (χ1) is 9.21. The van der Waals surface area contributed by atoms with Crippen LogP contribution in [0.5, 0.6) is 0 Å². The summed E-state index contributed by atoms with van der Waals surface area (Å²) in [6.45, 7) is 4.80. The molecule has 1 saturated carbocycles. The van der Waals surface area contributed by atoms with Crippen molar-refractivity contribution in [2.24, 2.45) is 17.1 Å². The Hall–Kier alpha value is -0.980. The van der Waals surface area contributed by atoms with Crippen molar-refractivity contribution in [3.05, 3.63) is 29.8 Å². The summed E-state index contributed by atoms with van der Waals surface area (Å²) >= 11 is 4.83. The summed E-state index contributed by atoms with van der Waals surface area (Å²) in [6.07, 6.45) is 1.56. The highest BCUT2D eigenvalue weighted by Crippen LogP contribution is 2.51. The second kappa shape index (κ2) is 5.42. The maximum Gasteiger partial charge on any atom is 0.240 e. The van der Waals surface area contributed by atoms with Crippen molar-refractivity contribution in [1.82, 2.24) is 4.72 Å². The van der Waals surface area contributed by atoms with Crippen molar-refractivity contribution >= 4 is 27.2 Å². The van der Waals surface area contributed by atoms with Crippen molar-refractivity contribution in [2.45, 2.75) is 31.6 Å². The van der Waals surface area contributed by atoms with Crippen molar-refractivity contribution in [3.8, 4) is 0 Å². The van der Waals surface area contributed by atoms with Crippen LogP contribution in [0.2, 0.25) is 0 Å². The Kier molecular flexibility index (Phi) is 4.18. The Morgan fingerprint density at radius 3 is 2.40 bits per heavy atom. The third-order valence-electron chi connectivity index (χ3n) is 3.85. The fourth-order valence-electron chi connectivity index (χ4n) is 2.21. The topological polar surface area (TPSA) is 72.2 Å². The summed E-state index contributed by atoms with van der Waals surface area (Å²) in [5.41, 5.74) is 6.65. The highest BCUT2D eigenvalue weighted by molar-refractivity contribution is 7.89. The van der Waals surface area contributed by atoms with Crippen LogP contribution < -0.4 is 10.5 Å². The van der Waals surface area contributed by atoms with Gasteiger partial charge in [-0.25, -0.2) is 13.1 Å². The monoisotopic (exact) mass is 312 g/mol. The molecule has 0 radical (unpaired) electrons. The second-order valence-electron chi connectivity index (χ2n) is 6.03. The van der Waals surface area contributed by atoms with Gasteiger partial charge in [0.2, 0.25) is 10.0 Å². The molecule has 1 atom stereocenters. The van der Waals surface area contributed by atoms with E-state index in [0.29, 0.717) is 23.9 Å². The molecule has 20 heavy (non-hydrogen) atoms. The van der Waals surface area contributed by atoms with Crippen LogP contribution in [0.25, 0.3) is 0 Å². The quantitative estimate of drug-likeness (QED) is 0.786. The maximum absolute atomic E-state index is 12.1. The van der Waals surface area contributed by atoms with E-state index in [1.807, 2.05) is 0 Å². The minimum atomic E-state index is -3.42. The zero-order chi connectivity index (χ0) is 15.0. The fraction of sp³-hybridized carbons (Fsp3) is 0.500. The van der Waals surface area contributed by atoms with E-state index in [4.69, 9.17) is 18.0 Å². The molecular formula is C14H20N2O2S2. The molecule has 1 unspecified atom stereocenters. The van der Waals surface area contributed by atoms with Crippen molar-refractivity contribution in [3.63, 3.8) is 0 Å². The lowest BCUT2D eigenvalue weighted by Gasteiger charge is -2.08. The molecule has 1 aromatic carbocycles. The first-order valence-electron chi connectivity index (χ1n) is 6.58. The van der Waals surface area contributed by atoms with Crippen molar-refractivity contribution < 1.29 is 8.42 Å². The molecule has 0 saturated heterocycles. The van der Waals surface area contributed by atoms with Gasteiger partial charge >= 0.3 is 0 Å². The van der Waals surface area contributed by atoms with E-state index in [-0.39, 0.29) is 10.3 Å². The number of sulfonamides is 1. The number of hydrogen-bond donors (Lipinski definition) is 2. The minimum Gasteiger partial charge on any atom is -0.393 e. The summed E-state index contributed by atoms with van der Waals surface area (Å²) in [6, 6.07) is 6.67. The summed E-state index contributed by atoms with van der Waals surface area (Å²) in [5, 5.41) is 0. The van der Waals surface area contributed by atoms with Crippen molar-refractivity contribution in [1.29, 1.82) is 0 Å². The number of nitrogens with two attached hydrogens (primary N) is 1. The molecule has 6 heteroatoms. The molecule has 1 aromatic rings. The van der Waals surface area contributed by atoms with Crippen LogP contribution in [-0.2, 0) is 16.4 Å². The normalized spacial score (nSPS) is 20.6. The van der Waals surface area contributed by atoms with Crippen LogP contribution in [0.15, 0.2) is 29.2 Å². The van der Waals surface area contributed by atoms with Gasteiger partial charge in [0.15, 0.2) is 0 Å². The number of thiocarbonyl (C=S) groups is 1. The molecule has 1 aliphatic rings. The number of hydrogen-bond acceptors (Lipinski definition) is 3. The van der Waals surface area contributed by atoms with Crippen LogP contribution in [0.1, 0.15) is 25.8 Å². The molecule has 0 aromatic heterocycles. The van der Waals surface area contributed by atoms with Gasteiger partial charge in [0.1, 0.15) is 0 Å². The molecular weight excluding hydrogens is 292 g/mol. The molecule has 0 aliphatic heterocycles. The molecule has 0 spiro atoms. The van der Waals surface area contributed by atoms with Crippen molar-refractivity contribution in [2.75, 3.05) is 6.54 Å². The van der Waals surface area contributed by atoms with Gasteiger partial charge in [-0.15, -0.1) is 0 Å². The lowest BCUT2D eigenvalue weighted by molar-refractivity contribution is 0.537. The van der Waals surface area contributed by atoms with Gasteiger partial charge in [0.05, 0.1) is 9.88 Å².